The standard InChI is InChI=1S/C25H24N2O4/c28-23(22-15-17-7-2-3-10-21(17)31-22)26-20-9-6-8-19-18(20)11-14-27(24(19)29)16-25(30)12-4-1-5-13-25/h2-3,6-11,14-15,30H,1,4-5,12-13,16H2,(H,26,28). The number of aromatic nitrogens is 1. The first-order chi connectivity index (χ1) is 15.0. The number of rotatable bonds is 4. The monoisotopic (exact) mass is 416 g/mol. The molecule has 0 unspecified atom stereocenters. The Labute approximate surface area is 179 Å². The first-order valence-electron chi connectivity index (χ1n) is 10.7. The lowest BCUT2D eigenvalue weighted by Gasteiger charge is -2.32. The number of para-hydroxylation sites is 1. The summed E-state index contributed by atoms with van der Waals surface area (Å²) in [6.45, 7) is 0.289. The molecule has 6 heteroatoms. The molecule has 158 valence electrons. The van der Waals surface area contributed by atoms with E-state index in [-0.39, 0.29) is 23.8 Å². The van der Waals surface area contributed by atoms with Crippen molar-refractivity contribution in [1.29, 1.82) is 0 Å². The molecule has 5 rings (SSSR count). The molecule has 1 saturated carbocycles. The predicted molar refractivity (Wildman–Crippen MR) is 120 cm³/mol. The van der Waals surface area contributed by atoms with Crippen LogP contribution in [0.5, 0.6) is 0 Å². The summed E-state index contributed by atoms with van der Waals surface area (Å²) in [7, 11) is 0. The molecule has 2 N–H and O–H groups in total. The summed E-state index contributed by atoms with van der Waals surface area (Å²) in [5, 5.41) is 15.7. The molecule has 1 aliphatic rings. The van der Waals surface area contributed by atoms with E-state index in [1.807, 2.05) is 30.3 Å². The Morgan fingerprint density at radius 3 is 2.65 bits per heavy atom. The molecular formula is C25H24N2O4. The van der Waals surface area contributed by atoms with Crippen molar-refractivity contribution in [2.75, 3.05) is 5.32 Å². The molecule has 0 spiro atoms. The lowest BCUT2D eigenvalue weighted by atomic mass is 9.85. The summed E-state index contributed by atoms with van der Waals surface area (Å²) < 4.78 is 7.23. The minimum absolute atomic E-state index is 0.170. The van der Waals surface area contributed by atoms with E-state index in [0.717, 1.165) is 24.6 Å². The largest absolute Gasteiger partial charge is 0.451 e. The number of anilines is 1. The smallest absolute Gasteiger partial charge is 0.291 e. The number of pyridine rings is 1. The van der Waals surface area contributed by atoms with Gasteiger partial charge in [0.05, 0.1) is 12.1 Å². The summed E-state index contributed by atoms with van der Waals surface area (Å²) in [5.74, 6) is -0.157. The maximum Gasteiger partial charge on any atom is 0.291 e. The molecule has 0 aliphatic heterocycles. The second-order valence-corrected chi connectivity index (χ2v) is 8.40. The Morgan fingerprint density at radius 1 is 1.03 bits per heavy atom. The second-order valence-electron chi connectivity index (χ2n) is 8.40. The average Bonchev–Trinajstić information content (AvgIpc) is 3.21. The fourth-order valence-electron chi connectivity index (χ4n) is 4.51. The molecule has 31 heavy (non-hydrogen) atoms. The first-order valence-corrected chi connectivity index (χ1v) is 10.7. The minimum atomic E-state index is -0.830. The van der Waals surface area contributed by atoms with E-state index >= 15 is 0 Å². The summed E-state index contributed by atoms with van der Waals surface area (Å²) in [6.07, 6.45) is 6.22. The van der Waals surface area contributed by atoms with E-state index < -0.39 is 5.60 Å². The molecule has 0 atom stereocenters. The summed E-state index contributed by atoms with van der Waals surface area (Å²) >= 11 is 0. The third kappa shape index (κ3) is 3.75. The van der Waals surface area contributed by atoms with Gasteiger partial charge in [0.15, 0.2) is 5.76 Å². The molecule has 0 bridgehead atoms. The fraction of sp³-hybridized carbons (Fsp3) is 0.280. The van der Waals surface area contributed by atoms with Gasteiger partial charge in [0, 0.05) is 28.0 Å². The lowest BCUT2D eigenvalue weighted by Crippen LogP contribution is -2.39. The maximum absolute atomic E-state index is 13.1. The van der Waals surface area contributed by atoms with Gasteiger partial charge in [-0.15, -0.1) is 0 Å². The van der Waals surface area contributed by atoms with Crippen LogP contribution in [-0.4, -0.2) is 21.2 Å². The van der Waals surface area contributed by atoms with Crippen LogP contribution in [0.25, 0.3) is 21.7 Å². The highest BCUT2D eigenvalue weighted by molar-refractivity contribution is 6.09. The minimum Gasteiger partial charge on any atom is -0.451 e. The third-order valence-corrected chi connectivity index (χ3v) is 6.16. The van der Waals surface area contributed by atoms with Gasteiger partial charge in [0.25, 0.3) is 11.5 Å². The molecule has 1 fully saturated rings. The van der Waals surface area contributed by atoms with Crippen LogP contribution in [0.15, 0.2) is 70.0 Å². The number of carbonyl (C=O) groups excluding carboxylic acids is 1. The molecule has 1 amide bonds. The zero-order valence-electron chi connectivity index (χ0n) is 17.1. The van der Waals surface area contributed by atoms with Gasteiger partial charge in [0.2, 0.25) is 0 Å². The van der Waals surface area contributed by atoms with E-state index in [9.17, 15) is 14.7 Å². The Morgan fingerprint density at radius 2 is 1.84 bits per heavy atom. The number of aliphatic hydroxyl groups is 1. The van der Waals surface area contributed by atoms with Gasteiger partial charge < -0.3 is 19.4 Å². The van der Waals surface area contributed by atoms with Crippen LogP contribution in [0, 0.1) is 0 Å². The fourth-order valence-corrected chi connectivity index (χ4v) is 4.51. The highest BCUT2D eigenvalue weighted by atomic mass is 16.3. The lowest BCUT2D eigenvalue weighted by molar-refractivity contribution is -0.0121. The number of benzene rings is 2. The van der Waals surface area contributed by atoms with Crippen LogP contribution in [0.2, 0.25) is 0 Å². The van der Waals surface area contributed by atoms with Crippen molar-refractivity contribution < 1.29 is 14.3 Å². The van der Waals surface area contributed by atoms with E-state index in [1.54, 1.807) is 35.0 Å². The van der Waals surface area contributed by atoms with Crippen LogP contribution in [0.4, 0.5) is 5.69 Å². The van der Waals surface area contributed by atoms with Gasteiger partial charge in [-0.25, -0.2) is 0 Å². The molecule has 6 nitrogen and oxygen atoms in total. The highest BCUT2D eigenvalue weighted by Crippen LogP contribution is 2.30. The van der Waals surface area contributed by atoms with Crippen LogP contribution in [-0.2, 0) is 6.54 Å². The zero-order valence-corrected chi connectivity index (χ0v) is 17.1. The molecule has 2 aromatic carbocycles. The maximum atomic E-state index is 13.1. The van der Waals surface area contributed by atoms with Gasteiger partial charge in [0.1, 0.15) is 5.58 Å². The van der Waals surface area contributed by atoms with Crippen LogP contribution in [0.3, 0.4) is 0 Å². The number of amides is 1. The molecule has 0 radical (unpaired) electrons. The Hall–Kier alpha value is -3.38. The molecule has 0 saturated heterocycles. The van der Waals surface area contributed by atoms with Gasteiger partial charge in [-0.2, -0.15) is 0 Å². The number of hydrogen-bond acceptors (Lipinski definition) is 4. The molecule has 1 aliphatic carbocycles. The second kappa shape index (κ2) is 7.71. The van der Waals surface area contributed by atoms with Crippen LogP contribution < -0.4 is 10.9 Å². The number of hydrogen-bond donors (Lipinski definition) is 2. The van der Waals surface area contributed by atoms with E-state index in [4.69, 9.17) is 4.42 Å². The highest BCUT2D eigenvalue weighted by Gasteiger charge is 2.30. The molecule has 2 aromatic heterocycles. The average molecular weight is 416 g/mol. The van der Waals surface area contributed by atoms with Crippen molar-refractivity contribution in [3.8, 4) is 0 Å². The summed E-state index contributed by atoms with van der Waals surface area (Å²) in [6, 6.07) is 16.2. The molecular weight excluding hydrogens is 392 g/mol. The number of nitrogens with zero attached hydrogens (tertiary/aromatic N) is 1. The number of carbonyl (C=O) groups is 1. The van der Waals surface area contributed by atoms with Gasteiger partial charge >= 0.3 is 0 Å². The quantitative estimate of drug-likeness (QED) is 0.505. The summed E-state index contributed by atoms with van der Waals surface area (Å²) in [5.41, 5.74) is 0.192. The van der Waals surface area contributed by atoms with Crippen molar-refractivity contribution >= 4 is 33.3 Å². The SMILES string of the molecule is O=C(Nc1cccc2c(=O)n(CC3(O)CCCCC3)ccc12)c1cc2ccccc2o1. The van der Waals surface area contributed by atoms with E-state index in [1.165, 1.54) is 0 Å². The van der Waals surface area contributed by atoms with E-state index in [2.05, 4.69) is 5.32 Å². The van der Waals surface area contributed by atoms with Crippen molar-refractivity contribution in [2.45, 2.75) is 44.2 Å². The van der Waals surface area contributed by atoms with Crippen molar-refractivity contribution in [3.63, 3.8) is 0 Å². The van der Waals surface area contributed by atoms with Gasteiger partial charge in [-0.3, -0.25) is 9.59 Å². The Kier molecular flexibility index (Phi) is 4.87. The van der Waals surface area contributed by atoms with Gasteiger partial charge in [-0.05, 0) is 43.2 Å². The zero-order chi connectivity index (χ0) is 21.4. The predicted octanol–water partition coefficient (Wildman–Crippen LogP) is 4.70. The van der Waals surface area contributed by atoms with Crippen LogP contribution >= 0.6 is 0 Å². The van der Waals surface area contributed by atoms with Gasteiger partial charge in [-0.1, -0.05) is 43.5 Å². The normalized spacial score (nSPS) is 15.9. The topological polar surface area (TPSA) is 84.5 Å². The first kappa shape index (κ1) is 19.6. The number of nitrogens with one attached hydrogen (secondary N) is 1. The third-order valence-electron chi connectivity index (χ3n) is 6.16. The Balaban J connectivity index is 1.45. The van der Waals surface area contributed by atoms with Crippen molar-refractivity contribution in [1.82, 2.24) is 4.57 Å². The molecule has 4 aromatic rings. The van der Waals surface area contributed by atoms with Crippen molar-refractivity contribution in [2.24, 2.45) is 0 Å². The van der Waals surface area contributed by atoms with E-state index in [0.29, 0.717) is 34.9 Å². The van der Waals surface area contributed by atoms with Crippen LogP contribution in [0.1, 0.15) is 42.7 Å². The number of fused-ring (bicyclic) bond motifs is 2. The Bertz CT molecular complexity index is 1300. The number of furan rings is 1. The van der Waals surface area contributed by atoms with Crippen molar-refractivity contribution in [3.05, 3.63) is 76.9 Å². The molecule has 2 heterocycles. The summed E-state index contributed by atoms with van der Waals surface area (Å²) in [4.78, 5) is 25.9.